The van der Waals surface area contributed by atoms with Crippen LogP contribution >= 0.6 is 23.8 Å². The Morgan fingerprint density at radius 2 is 2.05 bits per heavy atom. The van der Waals surface area contributed by atoms with E-state index in [1.807, 2.05) is 0 Å². The summed E-state index contributed by atoms with van der Waals surface area (Å²) in [6.45, 7) is 0.216. The molecule has 0 saturated carbocycles. The average Bonchev–Trinajstić information content (AvgIpc) is 2.36. The molecule has 0 aliphatic heterocycles. The third-order valence-electron chi connectivity index (χ3n) is 2.44. The van der Waals surface area contributed by atoms with Crippen LogP contribution in [0, 0.1) is 5.82 Å². The third-order valence-corrected chi connectivity index (χ3v) is 2.91. The second-order valence-electron chi connectivity index (χ2n) is 3.96. The lowest BCUT2D eigenvalue weighted by Crippen LogP contribution is -2.10. The number of nitrogens with two attached hydrogens (primary N) is 1. The van der Waals surface area contributed by atoms with E-state index >= 15 is 0 Å². The second-order valence-corrected chi connectivity index (χ2v) is 4.83. The molecule has 98 valence electrons. The van der Waals surface area contributed by atoms with Crippen LogP contribution < -0.4 is 10.5 Å². The van der Waals surface area contributed by atoms with Gasteiger partial charge in [-0.2, -0.15) is 0 Å². The first-order valence-electron chi connectivity index (χ1n) is 5.52. The molecule has 2 rings (SSSR count). The molecular weight excluding hydrogens is 285 g/mol. The van der Waals surface area contributed by atoms with Gasteiger partial charge in [0.2, 0.25) is 0 Å². The Morgan fingerprint density at radius 1 is 1.26 bits per heavy atom. The maximum atomic E-state index is 13.4. The van der Waals surface area contributed by atoms with Crippen molar-refractivity contribution in [2.45, 2.75) is 6.61 Å². The molecule has 2 aromatic rings. The third kappa shape index (κ3) is 3.91. The summed E-state index contributed by atoms with van der Waals surface area (Å²) in [6, 6.07) is 11.4. The lowest BCUT2D eigenvalue weighted by molar-refractivity contribution is 0.305. The molecule has 0 spiro atoms. The van der Waals surface area contributed by atoms with E-state index < -0.39 is 5.82 Å². The van der Waals surface area contributed by atoms with Crippen LogP contribution in [0.3, 0.4) is 0 Å². The molecule has 19 heavy (non-hydrogen) atoms. The molecule has 0 aromatic heterocycles. The van der Waals surface area contributed by atoms with Gasteiger partial charge in [-0.05, 0) is 42.0 Å². The molecule has 2 N–H and O–H groups in total. The predicted molar refractivity (Wildman–Crippen MR) is 78.1 cm³/mol. The lowest BCUT2D eigenvalue weighted by atomic mass is 10.1. The van der Waals surface area contributed by atoms with Crippen LogP contribution in [-0.4, -0.2) is 4.99 Å². The monoisotopic (exact) mass is 295 g/mol. The van der Waals surface area contributed by atoms with Crippen LogP contribution in [0.5, 0.6) is 5.75 Å². The Balaban J connectivity index is 2.13. The highest BCUT2D eigenvalue weighted by Crippen LogP contribution is 2.19. The van der Waals surface area contributed by atoms with Crippen LogP contribution in [0.25, 0.3) is 0 Å². The molecule has 0 saturated heterocycles. The van der Waals surface area contributed by atoms with E-state index in [4.69, 9.17) is 34.3 Å². The molecule has 0 fully saturated rings. The second kappa shape index (κ2) is 5.99. The van der Waals surface area contributed by atoms with Crippen molar-refractivity contribution in [3.63, 3.8) is 0 Å². The van der Waals surface area contributed by atoms with Gasteiger partial charge in [0.25, 0.3) is 0 Å². The van der Waals surface area contributed by atoms with Gasteiger partial charge in [-0.15, -0.1) is 0 Å². The van der Waals surface area contributed by atoms with E-state index in [-0.39, 0.29) is 11.6 Å². The van der Waals surface area contributed by atoms with Gasteiger partial charge in [-0.25, -0.2) is 4.39 Å². The van der Waals surface area contributed by atoms with Crippen molar-refractivity contribution >= 4 is 28.8 Å². The average molecular weight is 296 g/mol. The summed E-state index contributed by atoms with van der Waals surface area (Å²) in [4.78, 5) is 0.156. The first-order chi connectivity index (χ1) is 9.04. The van der Waals surface area contributed by atoms with Crippen LogP contribution in [-0.2, 0) is 6.61 Å². The molecule has 5 heteroatoms. The zero-order chi connectivity index (χ0) is 13.8. The van der Waals surface area contributed by atoms with Gasteiger partial charge < -0.3 is 10.5 Å². The fourth-order valence-electron chi connectivity index (χ4n) is 1.60. The fraction of sp³-hybridized carbons (Fsp3) is 0.0714. The maximum absolute atomic E-state index is 13.4. The first kappa shape index (κ1) is 13.8. The normalized spacial score (nSPS) is 10.2. The predicted octanol–water partition coefficient (Wildman–Crippen LogP) is 3.69. The molecule has 0 bridgehead atoms. The van der Waals surface area contributed by atoms with Crippen LogP contribution in [0.2, 0.25) is 5.02 Å². The largest absolute Gasteiger partial charge is 0.489 e. The van der Waals surface area contributed by atoms with Crippen molar-refractivity contribution in [3.05, 3.63) is 64.4 Å². The summed E-state index contributed by atoms with van der Waals surface area (Å²) in [5.74, 6) is 0.226. The number of thiocarbonyl (C=S) groups is 1. The minimum absolute atomic E-state index is 0.156. The molecule has 0 aliphatic carbocycles. The molecule has 0 aliphatic rings. The Morgan fingerprint density at radius 3 is 2.74 bits per heavy atom. The zero-order valence-electron chi connectivity index (χ0n) is 9.90. The smallest absolute Gasteiger partial charge is 0.124 e. The number of hydrogen-bond donors (Lipinski definition) is 1. The standard InChI is InChI=1S/C14H11ClFNOS/c15-11-2-1-3-13(7-11)18-8-9-4-10(14(17)19)6-12(16)5-9/h1-7H,8H2,(H2,17,19). The van der Waals surface area contributed by atoms with Gasteiger partial charge in [-0.3, -0.25) is 0 Å². The van der Waals surface area contributed by atoms with Crippen LogP contribution in [0.15, 0.2) is 42.5 Å². The number of benzene rings is 2. The molecule has 0 radical (unpaired) electrons. The first-order valence-corrected chi connectivity index (χ1v) is 6.31. The van der Waals surface area contributed by atoms with Gasteiger partial charge in [0.1, 0.15) is 23.2 Å². The number of halogens is 2. The van der Waals surface area contributed by atoms with Crippen molar-refractivity contribution in [2.75, 3.05) is 0 Å². The van der Waals surface area contributed by atoms with E-state index in [0.29, 0.717) is 21.9 Å². The quantitative estimate of drug-likeness (QED) is 0.874. The highest BCUT2D eigenvalue weighted by atomic mass is 35.5. The molecule has 0 unspecified atom stereocenters. The van der Waals surface area contributed by atoms with Crippen LogP contribution in [0.4, 0.5) is 4.39 Å². The minimum atomic E-state index is -0.394. The molecule has 2 nitrogen and oxygen atoms in total. The van der Waals surface area contributed by atoms with Gasteiger partial charge in [0.05, 0.1) is 0 Å². The Kier molecular flexibility index (Phi) is 4.35. The van der Waals surface area contributed by atoms with E-state index in [9.17, 15) is 4.39 Å². The number of hydrogen-bond acceptors (Lipinski definition) is 2. The Hall–Kier alpha value is -1.65. The fourth-order valence-corrected chi connectivity index (χ4v) is 1.90. The van der Waals surface area contributed by atoms with Crippen molar-refractivity contribution < 1.29 is 9.13 Å². The van der Waals surface area contributed by atoms with Crippen molar-refractivity contribution in [1.82, 2.24) is 0 Å². The lowest BCUT2D eigenvalue weighted by Gasteiger charge is -2.08. The summed E-state index contributed by atoms with van der Waals surface area (Å²) < 4.78 is 18.9. The van der Waals surface area contributed by atoms with Gasteiger partial charge >= 0.3 is 0 Å². The number of rotatable bonds is 4. The van der Waals surface area contributed by atoms with E-state index in [1.54, 1.807) is 30.3 Å². The topological polar surface area (TPSA) is 35.2 Å². The Labute approximate surface area is 120 Å². The SMILES string of the molecule is NC(=S)c1cc(F)cc(COc2cccc(Cl)c2)c1. The summed E-state index contributed by atoms with van der Waals surface area (Å²) in [5.41, 5.74) is 6.63. The van der Waals surface area contributed by atoms with Gasteiger partial charge in [-0.1, -0.05) is 29.9 Å². The molecule has 0 amide bonds. The van der Waals surface area contributed by atoms with Gasteiger partial charge in [0.15, 0.2) is 0 Å². The van der Waals surface area contributed by atoms with Gasteiger partial charge in [0, 0.05) is 10.6 Å². The van der Waals surface area contributed by atoms with E-state index in [2.05, 4.69) is 0 Å². The van der Waals surface area contributed by atoms with Crippen molar-refractivity contribution in [1.29, 1.82) is 0 Å². The number of ether oxygens (including phenoxy) is 1. The highest BCUT2D eigenvalue weighted by molar-refractivity contribution is 7.80. The maximum Gasteiger partial charge on any atom is 0.124 e. The Bertz CT molecular complexity index is 618. The molecule has 0 atom stereocenters. The van der Waals surface area contributed by atoms with Crippen molar-refractivity contribution in [3.8, 4) is 5.75 Å². The summed E-state index contributed by atoms with van der Waals surface area (Å²) in [7, 11) is 0. The summed E-state index contributed by atoms with van der Waals surface area (Å²) >= 11 is 10.7. The highest BCUT2D eigenvalue weighted by Gasteiger charge is 2.04. The van der Waals surface area contributed by atoms with Crippen molar-refractivity contribution in [2.24, 2.45) is 5.73 Å². The molecule has 0 heterocycles. The summed E-state index contributed by atoms with van der Waals surface area (Å²) in [6.07, 6.45) is 0. The van der Waals surface area contributed by atoms with Crippen LogP contribution in [0.1, 0.15) is 11.1 Å². The summed E-state index contributed by atoms with van der Waals surface area (Å²) in [5, 5.41) is 0.584. The van der Waals surface area contributed by atoms with E-state index in [1.165, 1.54) is 12.1 Å². The molecule has 2 aromatic carbocycles. The molecular formula is C14H11ClFNOS. The minimum Gasteiger partial charge on any atom is -0.489 e. The van der Waals surface area contributed by atoms with E-state index in [0.717, 1.165) is 0 Å². The zero-order valence-corrected chi connectivity index (χ0v) is 11.5.